The van der Waals surface area contributed by atoms with Crippen LogP contribution >= 0.6 is 0 Å². The lowest BCUT2D eigenvalue weighted by molar-refractivity contribution is 0.0686. The van der Waals surface area contributed by atoms with Crippen molar-refractivity contribution in [3.8, 4) is 0 Å². The fourth-order valence-corrected chi connectivity index (χ4v) is 2.21. The van der Waals surface area contributed by atoms with Gasteiger partial charge in [-0.25, -0.2) is 14.4 Å². The quantitative estimate of drug-likeness (QED) is 0.228. The van der Waals surface area contributed by atoms with Crippen LogP contribution in [0.2, 0.25) is 0 Å². The second kappa shape index (κ2) is 17.3. The van der Waals surface area contributed by atoms with Crippen LogP contribution < -0.4 is 11.5 Å². The SMILES string of the molecule is C.CC(C)(C)C.Cc1cccc(N)c1.NCc1cccc(C(=O)O)c1.[C-]#[N+]c1cccc(C(=O)O)c1. The number of hydrogen-bond acceptors (Lipinski definition) is 4. The minimum Gasteiger partial charge on any atom is -0.478 e. The highest BCUT2D eigenvalue weighted by Crippen LogP contribution is 2.13. The van der Waals surface area contributed by atoms with E-state index in [9.17, 15) is 9.59 Å². The predicted molar refractivity (Wildman–Crippen MR) is 148 cm³/mol. The number of carboxylic acids is 2. The number of hydrogen-bond donors (Lipinski definition) is 4. The van der Waals surface area contributed by atoms with Gasteiger partial charge in [-0.3, -0.25) is 0 Å². The fraction of sp³-hybridized carbons (Fsp3) is 0.276. The van der Waals surface area contributed by atoms with E-state index in [1.165, 1.54) is 17.7 Å². The molecule has 3 aromatic carbocycles. The topological polar surface area (TPSA) is 131 Å². The maximum absolute atomic E-state index is 10.4. The molecule has 0 aromatic heterocycles. The Bertz CT molecular complexity index is 1110. The van der Waals surface area contributed by atoms with E-state index in [4.69, 9.17) is 28.3 Å². The molecule has 7 heteroatoms. The molecule has 0 fully saturated rings. The molecule has 7 nitrogen and oxygen atoms in total. The van der Waals surface area contributed by atoms with E-state index >= 15 is 0 Å². The molecule has 6 N–H and O–H groups in total. The van der Waals surface area contributed by atoms with Gasteiger partial charge < -0.3 is 21.7 Å². The highest BCUT2D eigenvalue weighted by Gasteiger charge is 2.02. The lowest BCUT2D eigenvalue weighted by Gasteiger charge is -2.05. The summed E-state index contributed by atoms with van der Waals surface area (Å²) in [5.74, 6) is -1.92. The van der Waals surface area contributed by atoms with Gasteiger partial charge in [-0.05, 0) is 53.8 Å². The molecule has 0 radical (unpaired) electrons. The first-order valence-corrected chi connectivity index (χ1v) is 10.8. The first-order valence-electron chi connectivity index (χ1n) is 10.8. The lowest BCUT2D eigenvalue weighted by Crippen LogP contribution is -2.00. The van der Waals surface area contributed by atoms with E-state index in [-0.39, 0.29) is 18.6 Å². The van der Waals surface area contributed by atoms with E-state index in [1.54, 1.807) is 36.4 Å². The third kappa shape index (κ3) is 17.3. The molecule has 0 aliphatic rings. The first-order chi connectivity index (χ1) is 16.3. The summed E-state index contributed by atoms with van der Waals surface area (Å²) in [6.45, 7) is 17.8. The number of anilines is 1. The van der Waals surface area contributed by atoms with Crippen LogP contribution in [0.25, 0.3) is 4.85 Å². The number of aryl methyl sites for hydroxylation is 1. The monoisotopic (exact) mass is 493 g/mol. The second-order valence-electron chi connectivity index (χ2n) is 9.09. The Labute approximate surface area is 215 Å². The number of nitrogen functional groups attached to an aromatic ring is 1. The normalized spacial score (nSPS) is 9.25. The number of benzene rings is 3. The smallest absolute Gasteiger partial charge is 0.335 e. The van der Waals surface area contributed by atoms with Crippen LogP contribution in [0.3, 0.4) is 0 Å². The molecule has 3 rings (SSSR count). The van der Waals surface area contributed by atoms with Crippen LogP contribution in [0, 0.1) is 18.9 Å². The summed E-state index contributed by atoms with van der Waals surface area (Å²) in [5, 5.41) is 17.1. The van der Waals surface area contributed by atoms with Crippen LogP contribution in [0.4, 0.5) is 11.4 Å². The first kappa shape index (κ1) is 34.0. The molecule has 0 unspecified atom stereocenters. The minimum absolute atomic E-state index is 0. The molecule has 0 bridgehead atoms. The lowest BCUT2D eigenvalue weighted by atomic mass is 10.0. The maximum Gasteiger partial charge on any atom is 0.335 e. The van der Waals surface area contributed by atoms with Crippen molar-refractivity contribution in [2.45, 2.75) is 48.6 Å². The van der Waals surface area contributed by atoms with Gasteiger partial charge in [0.05, 0.1) is 12.1 Å². The average Bonchev–Trinajstić information content (AvgIpc) is 2.78. The molecule has 36 heavy (non-hydrogen) atoms. The zero-order valence-electron chi connectivity index (χ0n) is 20.9. The summed E-state index contributed by atoms with van der Waals surface area (Å²) in [7, 11) is 0. The van der Waals surface area contributed by atoms with Crippen molar-refractivity contribution in [3.63, 3.8) is 0 Å². The summed E-state index contributed by atoms with van der Waals surface area (Å²) in [5.41, 5.74) is 15.0. The van der Waals surface area contributed by atoms with Crippen molar-refractivity contribution in [2.75, 3.05) is 5.73 Å². The number of rotatable bonds is 3. The zero-order valence-corrected chi connectivity index (χ0v) is 20.9. The Kier molecular flexibility index (Phi) is 16.4. The van der Waals surface area contributed by atoms with E-state index in [1.807, 2.05) is 31.2 Å². The molecular formula is C29H39N3O4. The van der Waals surface area contributed by atoms with E-state index in [0.29, 0.717) is 17.6 Å². The van der Waals surface area contributed by atoms with Crippen molar-refractivity contribution in [1.29, 1.82) is 0 Å². The molecule has 0 atom stereocenters. The Balaban J connectivity index is 0. The van der Waals surface area contributed by atoms with Crippen LogP contribution in [0.1, 0.15) is 67.0 Å². The summed E-state index contributed by atoms with van der Waals surface area (Å²) < 4.78 is 0. The van der Waals surface area contributed by atoms with Crippen molar-refractivity contribution >= 4 is 23.3 Å². The number of carbonyl (C=O) groups is 2. The third-order valence-corrected chi connectivity index (χ3v) is 3.67. The van der Waals surface area contributed by atoms with Crippen LogP contribution in [-0.2, 0) is 6.54 Å². The van der Waals surface area contributed by atoms with Crippen molar-refractivity contribution in [3.05, 3.63) is 106 Å². The fourth-order valence-electron chi connectivity index (χ4n) is 2.21. The Morgan fingerprint density at radius 2 is 1.33 bits per heavy atom. The Morgan fingerprint density at radius 3 is 1.72 bits per heavy atom. The Morgan fingerprint density at radius 1 is 0.861 bits per heavy atom. The van der Waals surface area contributed by atoms with Crippen LogP contribution in [0.5, 0.6) is 0 Å². The number of aromatic carboxylic acids is 2. The standard InChI is InChI=1S/C8H5NO2.C8H9NO2.C7H9N.C5H12.CH4/c1-9-7-4-2-3-6(5-7)8(10)11;9-5-6-2-1-3-7(4-6)8(10)11;1-6-3-2-4-7(8)5-6;1-5(2,3)4;/h2-5H,(H,10,11);1-4H,5,9H2,(H,10,11);2-5H,8H2,1H3;1-4H3;1H4. The highest BCUT2D eigenvalue weighted by molar-refractivity contribution is 5.89. The summed E-state index contributed by atoms with van der Waals surface area (Å²) in [6, 6.07) is 20.3. The van der Waals surface area contributed by atoms with E-state index in [0.717, 1.165) is 11.3 Å². The van der Waals surface area contributed by atoms with Gasteiger partial charge in [-0.2, -0.15) is 0 Å². The summed E-state index contributed by atoms with van der Waals surface area (Å²) >= 11 is 0. The largest absolute Gasteiger partial charge is 0.478 e. The van der Waals surface area contributed by atoms with E-state index in [2.05, 4.69) is 32.5 Å². The molecule has 0 saturated heterocycles. The molecule has 194 valence electrons. The molecule has 0 amide bonds. The van der Waals surface area contributed by atoms with Crippen LogP contribution in [-0.4, -0.2) is 22.2 Å². The van der Waals surface area contributed by atoms with Gasteiger partial charge in [0, 0.05) is 17.8 Å². The van der Waals surface area contributed by atoms with Crippen molar-refractivity contribution in [1.82, 2.24) is 0 Å². The summed E-state index contributed by atoms with van der Waals surface area (Å²) in [4.78, 5) is 23.9. The van der Waals surface area contributed by atoms with Gasteiger partial charge in [0.25, 0.3) is 0 Å². The molecular weight excluding hydrogens is 454 g/mol. The van der Waals surface area contributed by atoms with Gasteiger partial charge >= 0.3 is 11.9 Å². The summed E-state index contributed by atoms with van der Waals surface area (Å²) in [6.07, 6.45) is 0. The Hall–Kier alpha value is -4.15. The molecule has 0 aliphatic heterocycles. The van der Waals surface area contributed by atoms with Gasteiger partial charge in [-0.1, -0.05) is 77.6 Å². The number of carboxylic acid groups (broad SMARTS) is 2. The van der Waals surface area contributed by atoms with Gasteiger partial charge in [0.2, 0.25) is 0 Å². The maximum atomic E-state index is 10.4. The average molecular weight is 494 g/mol. The highest BCUT2D eigenvalue weighted by atomic mass is 16.4. The third-order valence-electron chi connectivity index (χ3n) is 3.67. The van der Waals surface area contributed by atoms with Gasteiger partial charge in [0.15, 0.2) is 5.69 Å². The van der Waals surface area contributed by atoms with Crippen LogP contribution in [0.15, 0.2) is 72.8 Å². The zero-order chi connectivity index (χ0) is 27.0. The minimum atomic E-state index is -1.00. The molecule has 0 aliphatic carbocycles. The number of nitrogens with zero attached hydrogens (tertiary/aromatic N) is 1. The van der Waals surface area contributed by atoms with Gasteiger partial charge in [-0.15, -0.1) is 0 Å². The number of nitrogens with two attached hydrogens (primary N) is 2. The molecule has 0 spiro atoms. The van der Waals surface area contributed by atoms with Crippen molar-refractivity contribution < 1.29 is 19.8 Å². The molecule has 3 aromatic rings. The van der Waals surface area contributed by atoms with Crippen molar-refractivity contribution in [2.24, 2.45) is 11.1 Å². The molecule has 0 heterocycles. The van der Waals surface area contributed by atoms with E-state index < -0.39 is 11.9 Å². The molecule has 0 saturated carbocycles. The predicted octanol–water partition coefficient (Wildman–Crippen LogP) is 7.04. The second-order valence-corrected chi connectivity index (χ2v) is 9.09. The van der Waals surface area contributed by atoms with Gasteiger partial charge in [0.1, 0.15) is 0 Å².